The molecule has 1 aromatic carbocycles. The van der Waals surface area contributed by atoms with Gasteiger partial charge >= 0.3 is 0 Å². The third-order valence-corrected chi connectivity index (χ3v) is 3.89. The summed E-state index contributed by atoms with van der Waals surface area (Å²) in [6, 6.07) is 1.87. The van der Waals surface area contributed by atoms with Crippen LogP contribution in [0, 0.1) is 0 Å². The van der Waals surface area contributed by atoms with Gasteiger partial charge in [0.25, 0.3) is 0 Å². The molecule has 0 fully saturated rings. The highest BCUT2D eigenvalue weighted by Gasteiger charge is 2.27. The van der Waals surface area contributed by atoms with Crippen LogP contribution < -0.4 is 0 Å². The van der Waals surface area contributed by atoms with Gasteiger partial charge in [0.2, 0.25) is 0 Å². The topological polar surface area (TPSA) is 39.1 Å². The second-order valence-corrected chi connectivity index (χ2v) is 6.32. The predicted molar refractivity (Wildman–Crippen MR) is 84.5 cm³/mol. The molecule has 1 aromatic rings. The third kappa shape index (κ3) is 2.87. The number of benzene rings is 1. The minimum absolute atomic E-state index is 0.00530. The van der Waals surface area contributed by atoms with E-state index in [-0.39, 0.29) is 10.8 Å². The zero-order valence-electron chi connectivity index (χ0n) is 12.1. The van der Waals surface area contributed by atoms with E-state index in [0.29, 0.717) is 29.8 Å². The number of likely N-dealkylation sites (N-methyl/N-ethyl adjacent to an activating group) is 1. The van der Waals surface area contributed by atoms with Gasteiger partial charge < -0.3 is 14.9 Å². The van der Waals surface area contributed by atoms with E-state index in [1.165, 1.54) is 0 Å². The third-order valence-electron chi connectivity index (χ3n) is 3.26. The van der Waals surface area contributed by atoms with E-state index in [4.69, 9.17) is 23.2 Å². The second-order valence-electron chi connectivity index (χ2n) is 5.50. The maximum Gasteiger partial charge on any atom is 0.160 e. The number of nitrogens with zero attached hydrogens (tertiary/aromatic N) is 3. The zero-order chi connectivity index (χ0) is 15.0. The molecule has 20 heavy (non-hydrogen) atoms. The molecule has 1 heterocycles. The van der Waals surface area contributed by atoms with Crippen LogP contribution in [-0.2, 0) is 6.54 Å². The number of halogens is 2. The molecular weight excluding hydrogens is 297 g/mol. The summed E-state index contributed by atoms with van der Waals surface area (Å²) in [5.74, 6) is 0.914. The van der Waals surface area contributed by atoms with Crippen molar-refractivity contribution in [1.82, 2.24) is 9.80 Å². The largest absolute Gasteiger partial charge is 0.504 e. The van der Waals surface area contributed by atoms with Crippen molar-refractivity contribution >= 4 is 34.7 Å². The number of phenolic OH excluding ortho intramolecular Hbond substituents is 1. The van der Waals surface area contributed by atoms with Crippen molar-refractivity contribution in [3.63, 3.8) is 0 Å². The number of rotatable bonds is 3. The molecule has 4 nitrogen and oxygen atoms in total. The van der Waals surface area contributed by atoms with Gasteiger partial charge in [0.05, 0.1) is 11.6 Å². The van der Waals surface area contributed by atoms with E-state index < -0.39 is 0 Å². The van der Waals surface area contributed by atoms with Crippen molar-refractivity contribution in [3.05, 3.63) is 21.7 Å². The van der Waals surface area contributed by atoms with Gasteiger partial charge in [0, 0.05) is 23.2 Å². The summed E-state index contributed by atoms with van der Waals surface area (Å²) in [6.07, 6.45) is 0. The molecule has 0 unspecified atom stereocenters. The van der Waals surface area contributed by atoms with Crippen LogP contribution in [0.15, 0.2) is 11.1 Å². The summed E-state index contributed by atoms with van der Waals surface area (Å²) in [4.78, 5) is 8.82. The number of amidine groups is 1. The van der Waals surface area contributed by atoms with Crippen molar-refractivity contribution in [3.8, 4) is 5.75 Å². The predicted octanol–water partition coefficient (Wildman–Crippen LogP) is 3.51. The quantitative estimate of drug-likeness (QED) is 0.927. The average Bonchev–Trinajstić information content (AvgIpc) is 2.34. The van der Waals surface area contributed by atoms with Crippen LogP contribution >= 0.6 is 23.2 Å². The molecule has 1 N–H and O–H groups in total. The Morgan fingerprint density at radius 3 is 2.55 bits per heavy atom. The van der Waals surface area contributed by atoms with Gasteiger partial charge in [0.15, 0.2) is 5.75 Å². The molecule has 2 rings (SSSR count). The second kappa shape index (κ2) is 5.80. The molecule has 6 heteroatoms. The first-order chi connectivity index (χ1) is 9.31. The first-order valence-corrected chi connectivity index (χ1v) is 7.25. The van der Waals surface area contributed by atoms with Crippen molar-refractivity contribution in [2.24, 2.45) is 4.99 Å². The Bertz CT molecular complexity index is 556. The van der Waals surface area contributed by atoms with Gasteiger partial charge in [-0.2, -0.15) is 0 Å². The number of aromatic hydroxyl groups is 1. The molecule has 0 saturated carbocycles. The minimum Gasteiger partial charge on any atom is -0.504 e. The standard InChI is InChI=1S/C14H19Cl2N3O/c1-8(2)19-6-9-10(15)5-11(16)14(20)13(9)17-12(19)7-18(3)4/h5,8,20H,6-7H2,1-4H3. The summed E-state index contributed by atoms with van der Waals surface area (Å²) in [7, 11) is 3.97. The van der Waals surface area contributed by atoms with Crippen LogP contribution in [0.5, 0.6) is 5.75 Å². The average molecular weight is 316 g/mol. The maximum atomic E-state index is 10.1. The van der Waals surface area contributed by atoms with Crippen LogP contribution in [0.3, 0.4) is 0 Å². The Labute approximate surface area is 129 Å². The number of aliphatic imine (C=N–C) groups is 1. The monoisotopic (exact) mass is 315 g/mol. The summed E-state index contributed by atoms with van der Waals surface area (Å²) >= 11 is 12.2. The Hall–Kier alpha value is -0.970. The SMILES string of the molecule is CC(C)N1Cc2c(Cl)cc(Cl)c(O)c2N=C1CN(C)C. The number of hydrogen-bond donors (Lipinski definition) is 1. The normalized spacial score (nSPS) is 14.8. The van der Waals surface area contributed by atoms with E-state index in [0.717, 1.165) is 11.4 Å². The highest BCUT2D eigenvalue weighted by molar-refractivity contribution is 6.36. The first kappa shape index (κ1) is 15.4. The lowest BCUT2D eigenvalue weighted by Crippen LogP contribution is -2.43. The molecule has 0 atom stereocenters. The van der Waals surface area contributed by atoms with E-state index in [1.54, 1.807) is 6.07 Å². The Balaban J connectivity index is 2.55. The molecule has 0 bridgehead atoms. The van der Waals surface area contributed by atoms with Gasteiger partial charge in [-0.3, -0.25) is 0 Å². The molecule has 0 saturated heterocycles. The van der Waals surface area contributed by atoms with Crippen LogP contribution in [-0.4, -0.2) is 47.4 Å². The highest BCUT2D eigenvalue weighted by Crippen LogP contribution is 2.44. The van der Waals surface area contributed by atoms with Crippen molar-refractivity contribution in [1.29, 1.82) is 0 Å². The Morgan fingerprint density at radius 1 is 1.35 bits per heavy atom. The summed E-state index contributed by atoms with van der Waals surface area (Å²) in [5, 5.41) is 10.9. The van der Waals surface area contributed by atoms with Crippen molar-refractivity contribution < 1.29 is 5.11 Å². The summed E-state index contributed by atoms with van der Waals surface area (Å²) in [5.41, 5.74) is 1.32. The zero-order valence-corrected chi connectivity index (χ0v) is 13.6. The first-order valence-electron chi connectivity index (χ1n) is 6.50. The van der Waals surface area contributed by atoms with Crippen LogP contribution in [0.25, 0.3) is 0 Å². The fourth-order valence-corrected chi connectivity index (χ4v) is 2.76. The fraction of sp³-hybridized carbons (Fsp3) is 0.500. The van der Waals surface area contributed by atoms with Crippen LogP contribution in [0.1, 0.15) is 19.4 Å². The molecule has 1 aliphatic heterocycles. The molecule has 1 aliphatic rings. The molecule has 0 radical (unpaired) electrons. The van der Waals surface area contributed by atoms with E-state index >= 15 is 0 Å². The van der Waals surface area contributed by atoms with Crippen molar-refractivity contribution in [2.75, 3.05) is 20.6 Å². The number of hydrogen-bond acceptors (Lipinski definition) is 4. The minimum atomic E-state index is 0.00530. The van der Waals surface area contributed by atoms with Crippen LogP contribution in [0.2, 0.25) is 10.0 Å². The molecule has 110 valence electrons. The number of fused-ring (bicyclic) bond motifs is 1. The fourth-order valence-electron chi connectivity index (χ4n) is 2.25. The number of phenols is 1. The van der Waals surface area contributed by atoms with E-state index in [9.17, 15) is 5.11 Å². The van der Waals surface area contributed by atoms with Gasteiger partial charge in [-0.25, -0.2) is 4.99 Å². The van der Waals surface area contributed by atoms with E-state index in [1.807, 2.05) is 19.0 Å². The van der Waals surface area contributed by atoms with Crippen LogP contribution in [0.4, 0.5) is 5.69 Å². The van der Waals surface area contributed by atoms with Crippen molar-refractivity contribution in [2.45, 2.75) is 26.4 Å². The Kier molecular flexibility index (Phi) is 4.47. The lowest BCUT2D eigenvalue weighted by molar-refractivity contribution is 0.316. The van der Waals surface area contributed by atoms with Gasteiger partial charge in [0.1, 0.15) is 11.5 Å². The molecule has 0 aliphatic carbocycles. The molecule has 0 spiro atoms. The van der Waals surface area contributed by atoms with E-state index in [2.05, 4.69) is 23.7 Å². The molecule has 0 amide bonds. The lowest BCUT2D eigenvalue weighted by atomic mass is 10.1. The van der Waals surface area contributed by atoms with Gasteiger partial charge in [-0.1, -0.05) is 23.2 Å². The lowest BCUT2D eigenvalue weighted by Gasteiger charge is -2.35. The molecular formula is C14H19Cl2N3O. The Morgan fingerprint density at radius 2 is 2.00 bits per heavy atom. The molecule has 0 aromatic heterocycles. The smallest absolute Gasteiger partial charge is 0.160 e. The van der Waals surface area contributed by atoms with Gasteiger partial charge in [-0.05, 0) is 34.0 Å². The maximum absolute atomic E-state index is 10.1. The van der Waals surface area contributed by atoms with Gasteiger partial charge in [-0.15, -0.1) is 0 Å². The highest BCUT2D eigenvalue weighted by atomic mass is 35.5. The summed E-state index contributed by atoms with van der Waals surface area (Å²) < 4.78 is 0. The summed E-state index contributed by atoms with van der Waals surface area (Å²) in [6.45, 7) is 5.55.